The van der Waals surface area contributed by atoms with Crippen LogP contribution in [0.3, 0.4) is 0 Å². The molecule has 1 heterocycles. The van der Waals surface area contributed by atoms with Crippen LogP contribution < -0.4 is 4.72 Å². The Bertz CT molecular complexity index is 708. The van der Waals surface area contributed by atoms with Gasteiger partial charge in [0.2, 0.25) is 10.0 Å². The van der Waals surface area contributed by atoms with E-state index < -0.39 is 25.4 Å². The average Bonchev–Trinajstić information content (AvgIpc) is 2.63. The van der Waals surface area contributed by atoms with Crippen LogP contribution in [0.1, 0.15) is 32.3 Å². The van der Waals surface area contributed by atoms with Gasteiger partial charge in [-0.05, 0) is 37.5 Å². The van der Waals surface area contributed by atoms with Crippen molar-refractivity contribution in [1.29, 1.82) is 0 Å². The molecule has 21 heavy (non-hydrogen) atoms. The highest BCUT2D eigenvalue weighted by atomic mass is 32.2. The molecule has 1 aliphatic heterocycles. The molecule has 1 aliphatic rings. The summed E-state index contributed by atoms with van der Waals surface area (Å²) in [7, 11) is -6.85. The smallest absolute Gasteiger partial charge is 0.229 e. The fourth-order valence-corrected chi connectivity index (χ4v) is 6.22. The number of sulfone groups is 1. The number of benzene rings is 1. The second-order valence-corrected chi connectivity index (χ2v) is 9.77. The van der Waals surface area contributed by atoms with E-state index in [2.05, 4.69) is 11.6 Å². The zero-order chi connectivity index (χ0) is 15.7. The molecule has 1 atom stereocenters. The summed E-state index contributed by atoms with van der Waals surface area (Å²) in [6.07, 6.45) is 2.21. The SMILES string of the molecule is CCCc1ccc(S(=O)(=O)N[C@]2(C)CCS(=O)(=O)C2)cc1. The second kappa shape index (κ2) is 5.70. The van der Waals surface area contributed by atoms with Gasteiger partial charge in [-0.15, -0.1) is 0 Å². The molecule has 0 aliphatic carbocycles. The Hall–Kier alpha value is -0.920. The molecular weight excluding hydrogens is 310 g/mol. The summed E-state index contributed by atoms with van der Waals surface area (Å²) in [6.45, 7) is 3.70. The van der Waals surface area contributed by atoms with Gasteiger partial charge in [0.05, 0.1) is 16.4 Å². The molecule has 0 spiro atoms. The van der Waals surface area contributed by atoms with Crippen LogP contribution in [-0.4, -0.2) is 33.9 Å². The molecule has 0 bridgehead atoms. The molecule has 0 saturated carbocycles. The largest absolute Gasteiger partial charge is 0.241 e. The zero-order valence-electron chi connectivity index (χ0n) is 12.3. The molecule has 1 saturated heterocycles. The van der Waals surface area contributed by atoms with Crippen LogP contribution in [0.2, 0.25) is 0 Å². The highest BCUT2D eigenvalue weighted by molar-refractivity contribution is 7.92. The first-order chi connectivity index (χ1) is 9.66. The second-order valence-electron chi connectivity index (χ2n) is 5.90. The van der Waals surface area contributed by atoms with Crippen molar-refractivity contribution < 1.29 is 16.8 Å². The number of rotatable bonds is 5. The Morgan fingerprint density at radius 2 is 1.86 bits per heavy atom. The Kier molecular flexibility index (Phi) is 4.46. The van der Waals surface area contributed by atoms with Crippen molar-refractivity contribution in [1.82, 2.24) is 4.72 Å². The molecule has 1 aromatic carbocycles. The quantitative estimate of drug-likeness (QED) is 0.886. The van der Waals surface area contributed by atoms with E-state index in [4.69, 9.17) is 0 Å². The van der Waals surface area contributed by atoms with Crippen molar-refractivity contribution in [2.45, 2.75) is 43.5 Å². The van der Waals surface area contributed by atoms with E-state index in [0.717, 1.165) is 18.4 Å². The maximum atomic E-state index is 12.4. The lowest BCUT2D eigenvalue weighted by Crippen LogP contribution is -2.46. The summed E-state index contributed by atoms with van der Waals surface area (Å²) < 4.78 is 50.4. The summed E-state index contributed by atoms with van der Waals surface area (Å²) in [5.41, 5.74) is 0.172. The third kappa shape index (κ3) is 4.05. The van der Waals surface area contributed by atoms with E-state index in [1.165, 1.54) is 0 Å². The van der Waals surface area contributed by atoms with E-state index >= 15 is 0 Å². The molecule has 0 radical (unpaired) electrons. The number of nitrogens with one attached hydrogen (secondary N) is 1. The third-order valence-electron chi connectivity index (χ3n) is 3.66. The first-order valence-electron chi connectivity index (χ1n) is 6.99. The maximum absolute atomic E-state index is 12.4. The van der Waals surface area contributed by atoms with Gasteiger partial charge in [0.25, 0.3) is 0 Å². The summed E-state index contributed by atoms with van der Waals surface area (Å²) in [4.78, 5) is 0.174. The molecule has 7 heteroatoms. The predicted octanol–water partition coefficient (Wildman–Crippen LogP) is 1.49. The molecular formula is C14H21NO4S2. The van der Waals surface area contributed by atoms with Crippen molar-refractivity contribution in [3.63, 3.8) is 0 Å². The van der Waals surface area contributed by atoms with Gasteiger partial charge in [-0.2, -0.15) is 0 Å². The first-order valence-corrected chi connectivity index (χ1v) is 10.3. The summed E-state index contributed by atoms with van der Waals surface area (Å²) >= 11 is 0. The Balaban J connectivity index is 2.19. The molecule has 5 nitrogen and oxygen atoms in total. The standard InChI is InChI=1S/C14H21NO4S2/c1-3-4-12-5-7-13(8-6-12)21(18,19)15-14(2)9-10-20(16,17)11-14/h5-8,15H,3-4,9-11H2,1-2H3/t14-/m1/s1. The normalized spacial score (nSPS) is 25.0. The van der Waals surface area contributed by atoms with Gasteiger partial charge in [-0.25, -0.2) is 21.6 Å². The Labute approximate surface area is 126 Å². The van der Waals surface area contributed by atoms with Crippen LogP contribution in [-0.2, 0) is 26.3 Å². The van der Waals surface area contributed by atoms with Crippen LogP contribution >= 0.6 is 0 Å². The number of aryl methyl sites for hydroxylation is 1. The Morgan fingerprint density at radius 1 is 1.24 bits per heavy atom. The minimum atomic E-state index is -3.70. The van der Waals surface area contributed by atoms with E-state index in [1.807, 2.05) is 0 Å². The molecule has 118 valence electrons. The summed E-state index contributed by atoms with van der Waals surface area (Å²) in [6, 6.07) is 6.73. The van der Waals surface area contributed by atoms with Gasteiger partial charge in [0.1, 0.15) is 0 Å². The van der Waals surface area contributed by atoms with Crippen LogP contribution in [0, 0.1) is 0 Å². The minimum absolute atomic E-state index is 0.0292. The van der Waals surface area contributed by atoms with Crippen molar-refractivity contribution in [2.75, 3.05) is 11.5 Å². The topological polar surface area (TPSA) is 80.3 Å². The van der Waals surface area contributed by atoms with Crippen molar-refractivity contribution in [3.8, 4) is 0 Å². The fourth-order valence-electron chi connectivity index (χ4n) is 2.60. The average molecular weight is 331 g/mol. The van der Waals surface area contributed by atoms with Crippen LogP contribution in [0.4, 0.5) is 0 Å². The fraction of sp³-hybridized carbons (Fsp3) is 0.571. The van der Waals surface area contributed by atoms with Gasteiger partial charge in [0, 0.05) is 5.54 Å². The maximum Gasteiger partial charge on any atom is 0.241 e. The van der Waals surface area contributed by atoms with Crippen molar-refractivity contribution in [3.05, 3.63) is 29.8 Å². The van der Waals surface area contributed by atoms with E-state index in [0.29, 0.717) is 6.42 Å². The molecule has 0 unspecified atom stereocenters. The number of hydrogen-bond donors (Lipinski definition) is 1. The van der Waals surface area contributed by atoms with E-state index in [1.54, 1.807) is 31.2 Å². The lowest BCUT2D eigenvalue weighted by Gasteiger charge is -2.23. The molecule has 1 aromatic rings. The monoisotopic (exact) mass is 331 g/mol. The molecule has 0 aromatic heterocycles. The number of hydrogen-bond acceptors (Lipinski definition) is 4. The van der Waals surface area contributed by atoms with E-state index in [9.17, 15) is 16.8 Å². The molecule has 2 rings (SSSR count). The Morgan fingerprint density at radius 3 is 2.33 bits per heavy atom. The van der Waals surface area contributed by atoms with E-state index in [-0.39, 0.29) is 16.4 Å². The van der Waals surface area contributed by atoms with Crippen LogP contribution in [0.15, 0.2) is 29.2 Å². The van der Waals surface area contributed by atoms with Gasteiger partial charge in [-0.3, -0.25) is 0 Å². The highest BCUT2D eigenvalue weighted by Crippen LogP contribution is 2.25. The van der Waals surface area contributed by atoms with Crippen LogP contribution in [0.5, 0.6) is 0 Å². The highest BCUT2D eigenvalue weighted by Gasteiger charge is 2.41. The van der Waals surface area contributed by atoms with Gasteiger partial charge < -0.3 is 0 Å². The lowest BCUT2D eigenvalue weighted by atomic mass is 10.0. The van der Waals surface area contributed by atoms with Gasteiger partial charge in [-0.1, -0.05) is 25.5 Å². The molecule has 0 amide bonds. The molecule has 1 fully saturated rings. The summed E-state index contributed by atoms with van der Waals surface area (Å²) in [5, 5.41) is 0. The zero-order valence-corrected chi connectivity index (χ0v) is 13.9. The van der Waals surface area contributed by atoms with Crippen molar-refractivity contribution in [2.24, 2.45) is 0 Å². The predicted molar refractivity (Wildman–Crippen MR) is 82.4 cm³/mol. The molecule has 1 N–H and O–H groups in total. The number of sulfonamides is 1. The van der Waals surface area contributed by atoms with Gasteiger partial charge in [0.15, 0.2) is 9.84 Å². The van der Waals surface area contributed by atoms with Crippen molar-refractivity contribution >= 4 is 19.9 Å². The first kappa shape index (κ1) is 16.5. The van der Waals surface area contributed by atoms with Gasteiger partial charge >= 0.3 is 0 Å². The van der Waals surface area contributed by atoms with Crippen LogP contribution in [0.25, 0.3) is 0 Å². The minimum Gasteiger partial charge on any atom is -0.229 e. The summed E-state index contributed by atoms with van der Waals surface area (Å²) in [5.74, 6) is -0.116. The third-order valence-corrected chi connectivity index (χ3v) is 7.21. The lowest BCUT2D eigenvalue weighted by molar-refractivity contribution is 0.462.